The van der Waals surface area contributed by atoms with Gasteiger partial charge in [0.15, 0.2) is 5.96 Å². The molecule has 1 saturated carbocycles. The van der Waals surface area contributed by atoms with Crippen molar-refractivity contribution in [2.75, 3.05) is 26.7 Å². The third kappa shape index (κ3) is 7.16. The lowest BCUT2D eigenvalue weighted by Gasteiger charge is -2.36. The molecule has 5 heteroatoms. The summed E-state index contributed by atoms with van der Waals surface area (Å²) in [6, 6.07) is 1.28. The highest BCUT2D eigenvalue weighted by molar-refractivity contribution is 14.0. The number of aliphatic imine (C=N–C) groups is 1. The smallest absolute Gasteiger partial charge is 0.191 e. The highest BCUT2D eigenvalue weighted by atomic mass is 127. The lowest BCUT2D eigenvalue weighted by molar-refractivity contribution is 0.141. The Bertz CT molecular complexity index is 351. The average Bonchev–Trinajstić information content (AvgIpc) is 2.53. The number of rotatable bonds is 4. The molecule has 4 nitrogen and oxygen atoms in total. The first-order chi connectivity index (χ1) is 10.6. The molecule has 0 bridgehead atoms. The third-order valence-electron chi connectivity index (χ3n) is 5.42. The van der Waals surface area contributed by atoms with Gasteiger partial charge in [-0.15, -0.1) is 24.0 Å². The first-order valence-corrected chi connectivity index (χ1v) is 9.29. The van der Waals surface area contributed by atoms with E-state index in [9.17, 15) is 0 Å². The van der Waals surface area contributed by atoms with Gasteiger partial charge in [0.1, 0.15) is 0 Å². The standard InChI is InChI=1S/C18H36N4.HI/c1-14(2)22-11-5-6-16(13-22)12-20-18(19-4)21-17-9-7-15(3)8-10-17;/h14-17H,5-13H2,1-4H3,(H2,19,20,21);1H. The van der Waals surface area contributed by atoms with Gasteiger partial charge in [-0.2, -0.15) is 0 Å². The van der Waals surface area contributed by atoms with Crippen molar-refractivity contribution in [1.29, 1.82) is 0 Å². The monoisotopic (exact) mass is 436 g/mol. The third-order valence-corrected chi connectivity index (χ3v) is 5.42. The fourth-order valence-corrected chi connectivity index (χ4v) is 3.77. The Morgan fingerprint density at radius 1 is 1.17 bits per heavy atom. The van der Waals surface area contributed by atoms with E-state index in [2.05, 4.69) is 41.3 Å². The van der Waals surface area contributed by atoms with Gasteiger partial charge in [0.05, 0.1) is 0 Å². The van der Waals surface area contributed by atoms with Crippen molar-refractivity contribution in [2.45, 2.75) is 71.4 Å². The van der Waals surface area contributed by atoms with Crippen LogP contribution in [-0.4, -0.2) is 49.6 Å². The van der Waals surface area contributed by atoms with Gasteiger partial charge in [-0.1, -0.05) is 6.92 Å². The summed E-state index contributed by atoms with van der Waals surface area (Å²) in [5, 5.41) is 7.19. The molecule has 23 heavy (non-hydrogen) atoms. The highest BCUT2D eigenvalue weighted by Gasteiger charge is 2.22. The summed E-state index contributed by atoms with van der Waals surface area (Å²) in [5.74, 6) is 2.65. The molecule has 0 amide bonds. The quantitative estimate of drug-likeness (QED) is 0.403. The van der Waals surface area contributed by atoms with E-state index in [1.807, 2.05) is 7.05 Å². The molecule has 1 unspecified atom stereocenters. The molecular weight excluding hydrogens is 399 g/mol. The van der Waals surface area contributed by atoms with Gasteiger partial charge in [-0.25, -0.2) is 0 Å². The molecule has 0 aromatic rings. The summed E-state index contributed by atoms with van der Waals surface area (Å²) in [7, 11) is 1.89. The SMILES string of the molecule is CN=C(NCC1CCCN(C(C)C)C1)NC1CCC(C)CC1.I. The minimum atomic E-state index is 0. The zero-order valence-electron chi connectivity index (χ0n) is 15.5. The maximum atomic E-state index is 4.42. The maximum absolute atomic E-state index is 4.42. The second kappa shape index (κ2) is 10.7. The number of piperidine rings is 1. The number of guanidine groups is 1. The summed E-state index contributed by atoms with van der Waals surface area (Å²) in [5.41, 5.74) is 0. The fourth-order valence-electron chi connectivity index (χ4n) is 3.77. The van der Waals surface area contributed by atoms with Crippen molar-refractivity contribution < 1.29 is 0 Å². The molecule has 0 aromatic heterocycles. The first-order valence-electron chi connectivity index (χ1n) is 9.29. The van der Waals surface area contributed by atoms with E-state index in [1.54, 1.807) is 0 Å². The normalized spacial score (nSPS) is 30.0. The largest absolute Gasteiger partial charge is 0.356 e. The molecule has 2 fully saturated rings. The van der Waals surface area contributed by atoms with Gasteiger partial charge in [0, 0.05) is 32.2 Å². The molecule has 0 radical (unpaired) electrons. The number of hydrogen-bond acceptors (Lipinski definition) is 2. The molecule has 136 valence electrons. The van der Waals surface area contributed by atoms with Crippen molar-refractivity contribution in [3.8, 4) is 0 Å². The van der Waals surface area contributed by atoms with E-state index in [1.165, 1.54) is 51.6 Å². The van der Waals surface area contributed by atoms with E-state index in [0.29, 0.717) is 12.1 Å². The Hall–Kier alpha value is -0.0400. The molecule has 0 spiro atoms. The predicted octanol–water partition coefficient (Wildman–Crippen LogP) is 3.47. The van der Waals surface area contributed by atoms with Crippen molar-refractivity contribution in [3.05, 3.63) is 0 Å². The summed E-state index contributed by atoms with van der Waals surface area (Å²) in [4.78, 5) is 7.03. The van der Waals surface area contributed by atoms with Crippen molar-refractivity contribution in [2.24, 2.45) is 16.8 Å². The second-order valence-corrected chi connectivity index (χ2v) is 7.65. The topological polar surface area (TPSA) is 39.7 Å². The number of nitrogens with one attached hydrogen (secondary N) is 2. The Morgan fingerprint density at radius 3 is 2.48 bits per heavy atom. The minimum Gasteiger partial charge on any atom is -0.356 e. The zero-order chi connectivity index (χ0) is 15.9. The van der Waals surface area contributed by atoms with Crippen LogP contribution in [0, 0.1) is 11.8 Å². The van der Waals surface area contributed by atoms with Gasteiger partial charge in [-0.05, 0) is 70.8 Å². The predicted molar refractivity (Wildman–Crippen MR) is 111 cm³/mol. The van der Waals surface area contributed by atoms with Crippen LogP contribution in [-0.2, 0) is 0 Å². The second-order valence-electron chi connectivity index (χ2n) is 7.65. The van der Waals surface area contributed by atoms with Gasteiger partial charge >= 0.3 is 0 Å². The average molecular weight is 436 g/mol. The van der Waals surface area contributed by atoms with Gasteiger partial charge in [-0.3, -0.25) is 4.99 Å². The fraction of sp³-hybridized carbons (Fsp3) is 0.944. The molecule has 0 aromatic carbocycles. The summed E-state index contributed by atoms with van der Waals surface area (Å²) in [6.07, 6.45) is 7.94. The summed E-state index contributed by atoms with van der Waals surface area (Å²) in [6.45, 7) is 10.5. The lowest BCUT2D eigenvalue weighted by Crippen LogP contribution is -2.48. The van der Waals surface area contributed by atoms with E-state index < -0.39 is 0 Å². The molecule has 1 aliphatic heterocycles. The molecule has 1 saturated heterocycles. The number of likely N-dealkylation sites (tertiary alicyclic amines) is 1. The van der Waals surface area contributed by atoms with Crippen LogP contribution in [0.2, 0.25) is 0 Å². The van der Waals surface area contributed by atoms with Crippen molar-refractivity contribution in [1.82, 2.24) is 15.5 Å². The highest BCUT2D eigenvalue weighted by Crippen LogP contribution is 2.23. The Morgan fingerprint density at radius 2 is 1.87 bits per heavy atom. The Balaban J connectivity index is 0.00000264. The van der Waals surface area contributed by atoms with E-state index in [-0.39, 0.29) is 24.0 Å². The summed E-state index contributed by atoms with van der Waals surface area (Å²) >= 11 is 0. The number of nitrogens with zero attached hydrogens (tertiary/aromatic N) is 2. The number of halogens is 1. The van der Waals surface area contributed by atoms with Crippen LogP contribution < -0.4 is 10.6 Å². The van der Waals surface area contributed by atoms with Crippen LogP contribution in [0.25, 0.3) is 0 Å². The first kappa shape index (κ1) is 21.0. The molecule has 2 rings (SSSR count). The van der Waals surface area contributed by atoms with Crippen LogP contribution in [0.1, 0.15) is 59.3 Å². The van der Waals surface area contributed by atoms with Crippen molar-refractivity contribution in [3.63, 3.8) is 0 Å². The molecule has 1 atom stereocenters. The van der Waals surface area contributed by atoms with Crippen LogP contribution in [0.15, 0.2) is 4.99 Å². The molecule has 1 aliphatic carbocycles. The van der Waals surface area contributed by atoms with Gasteiger partial charge < -0.3 is 15.5 Å². The van der Waals surface area contributed by atoms with E-state index in [0.717, 1.165) is 24.3 Å². The Labute approximate surface area is 160 Å². The summed E-state index contributed by atoms with van der Waals surface area (Å²) < 4.78 is 0. The van der Waals surface area contributed by atoms with Crippen molar-refractivity contribution >= 4 is 29.9 Å². The van der Waals surface area contributed by atoms with Gasteiger partial charge in [0.25, 0.3) is 0 Å². The van der Waals surface area contributed by atoms with E-state index in [4.69, 9.17) is 0 Å². The molecule has 2 N–H and O–H groups in total. The van der Waals surface area contributed by atoms with Crippen LogP contribution >= 0.6 is 24.0 Å². The maximum Gasteiger partial charge on any atom is 0.191 e. The van der Waals surface area contributed by atoms with Crippen LogP contribution in [0.4, 0.5) is 0 Å². The van der Waals surface area contributed by atoms with Crippen LogP contribution in [0.3, 0.4) is 0 Å². The minimum absolute atomic E-state index is 0. The van der Waals surface area contributed by atoms with E-state index >= 15 is 0 Å². The van der Waals surface area contributed by atoms with Gasteiger partial charge in [0.2, 0.25) is 0 Å². The number of hydrogen-bond donors (Lipinski definition) is 2. The lowest BCUT2D eigenvalue weighted by atomic mass is 9.87. The molecule has 1 heterocycles. The molecular formula is C18H37IN4. The van der Waals surface area contributed by atoms with Crippen LogP contribution in [0.5, 0.6) is 0 Å². The Kier molecular flexibility index (Phi) is 9.82. The molecule has 2 aliphatic rings. The zero-order valence-corrected chi connectivity index (χ0v) is 17.8.